The summed E-state index contributed by atoms with van der Waals surface area (Å²) in [5.74, 6) is 0.0567. The number of amides is 1. The third kappa shape index (κ3) is 4.29. The largest absolute Gasteiger partial charge is 0.504 e. The molecule has 0 aliphatic rings. The van der Waals surface area contributed by atoms with Gasteiger partial charge in [0.05, 0.1) is 13.3 Å². The first-order valence-corrected chi connectivity index (χ1v) is 5.81. The van der Waals surface area contributed by atoms with E-state index in [-0.39, 0.29) is 17.1 Å². The number of nitrogens with one attached hydrogen (secondary N) is 1. The summed E-state index contributed by atoms with van der Waals surface area (Å²) in [6.07, 6.45) is 4.48. The minimum Gasteiger partial charge on any atom is -0.504 e. The summed E-state index contributed by atoms with van der Waals surface area (Å²) in [5.41, 5.74) is 3.49. The van der Waals surface area contributed by atoms with E-state index in [0.29, 0.717) is 16.9 Å². The third-order valence-electron chi connectivity index (χ3n) is 2.53. The highest BCUT2D eigenvalue weighted by atomic mass is 16.5. The molecule has 0 unspecified atom stereocenters. The van der Waals surface area contributed by atoms with Crippen LogP contribution in [-0.2, 0) is 0 Å². The van der Waals surface area contributed by atoms with Gasteiger partial charge in [-0.1, -0.05) is 0 Å². The molecule has 4 N–H and O–H groups in total. The maximum atomic E-state index is 11.7. The maximum absolute atomic E-state index is 11.7. The second-order valence-corrected chi connectivity index (χ2v) is 3.87. The number of phenolic OH excluding ortho intramolecular Hbond substituents is 1. The van der Waals surface area contributed by atoms with Crippen molar-refractivity contribution in [2.24, 2.45) is 5.10 Å². The van der Waals surface area contributed by atoms with Gasteiger partial charge in [-0.25, -0.2) is 5.43 Å². The van der Waals surface area contributed by atoms with Gasteiger partial charge >= 0.3 is 0 Å². The molecule has 110 valence electrons. The maximum Gasteiger partial charge on any atom is 0.271 e. The van der Waals surface area contributed by atoms with E-state index in [1.165, 1.54) is 31.8 Å². The van der Waals surface area contributed by atoms with Crippen molar-refractivity contribution >= 4 is 12.1 Å². The SMILES string of the molecule is COc1ccc(/C=N/NC(=O)c2ccncc2)cc1O.O. The summed E-state index contributed by atoms with van der Waals surface area (Å²) < 4.78 is 4.93. The van der Waals surface area contributed by atoms with Gasteiger partial charge in [-0.2, -0.15) is 5.10 Å². The summed E-state index contributed by atoms with van der Waals surface area (Å²) in [4.78, 5) is 15.5. The number of aromatic hydroxyl groups is 1. The van der Waals surface area contributed by atoms with E-state index in [1.54, 1.807) is 24.3 Å². The van der Waals surface area contributed by atoms with Crippen LogP contribution < -0.4 is 10.2 Å². The molecule has 1 heterocycles. The lowest BCUT2D eigenvalue weighted by molar-refractivity contribution is 0.0955. The van der Waals surface area contributed by atoms with E-state index >= 15 is 0 Å². The molecule has 0 aliphatic carbocycles. The monoisotopic (exact) mass is 289 g/mol. The van der Waals surface area contributed by atoms with Gasteiger partial charge in [0.25, 0.3) is 5.91 Å². The molecule has 0 spiro atoms. The number of benzene rings is 1. The molecular formula is C14H15N3O4. The fourth-order valence-corrected chi connectivity index (χ4v) is 1.52. The normalized spacial score (nSPS) is 9.95. The van der Waals surface area contributed by atoms with Crippen LogP contribution in [0.1, 0.15) is 15.9 Å². The standard InChI is InChI=1S/C14H13N3O3.H2O/c1-20-13-3-2-10(8-12(13)18)9-16-17-14(19)11-4-6-15-7-5-11;/h2-9,18H,1H3,(H,17,19);1H2/b16-9+;. The molecule has 2 rings (SSSR count). The summed E-state index contributed by atoms with van der Waals surface area (Å²) in [6.45, 7) is 0. The Morgan fingerprint density at radius 2 is 2.05 bits per heavy atom. The first-order valence-electron chi connectivity index (χ1n) is 5.81. The van der Waals surface area contributed by atoms with Crippen LogP contribution in [0.15, 0.2) is 47.8 Å². The quantitative estimate of drug-likeness (QED) is 0.637. The second-order valence-electron chi connectivity index (χ2n) is 3.87. The predicted molar refractivity (Wildman–Crippen MR) is 77.6 cm³/mol. The van der Waals surface area contributed by atoms with E-state index in [2.05, 4.69) is 15.5 Å². The van der Waals surface area contributed by atoms with Crippen LogP contribution in [0.4, 0.5) is 0 Å². The van der Waals surface area contributed by atoms with E-state index in [4.69, 9.17) is 4.74 Å². The van der Waals surface area contributed by atoms with E-state index < -0.39 is 0 Å². The average Bonchev–Trinajstić information content (AvgIpc) is 2.48. The number of carbonyl (C=O) groups is 1. The molecule has 0 aliphatic heterocycles. The van der Waals surface area contributed by atoms with Gasteiger partial charge < -0.3 is 15.3 Å². The molecule has 1 amide bonds. The fourth-order valence-electron chi connectivity index (χ4n) is 1.52. The molecule has 1 aromatic carbocycles. The zero-order valence-corrected chi connectivity index (χ0v) is 11.3. The molecule has 0 saturated heterocycles. The van der Waals surface area contributed by atoms with Gasteiger partial charge in [0.2, 0.25) is 0 Å². The number of hydrogen-bond donors (Lipinski definition) is 2. The number of pyridine rings is 1. The average molecular weight is 289 g/mol. The smallest absolute Gasteiger partial charge is 0.271 e. The summed E-state index contributed by atoms with van der Waals surface area (Å²) in [7, 11) is 1.47. The predicted octanol–water partition coefficient (Wildman–Crippen LogP) is 0.735. The van der Waals surface area contributed by atoms with Crippen molar-refractivity contribution in [3.8, 4) is 11.5 Å². The van der Waals surface area contributed by atoms with Gasteiger partial charge in [0.1, 0.15) is 0 Å². The van der Waals surface area contributed by atoms with Crippen LogP contribution in [0.5, 0.6) is 11.5 Å². The molecule has 7 heteroatoms. The Morgan fingerprint density at radius 1 is 1.33 bits per heavy atom. The topological polar surface area (TPSA) is 115 Å². The Morgan fingerprint density at radius 3 is 2.67 bits per heavy atom. The van der Waals surface area contributed by atoms with Crippen molar-refractivity contribution in [2.75, 3.05) is 7.11 Å². The first-order chi connectivity index (χ1) is 9.70. The van der Waals surface area contributed by atoms with Crippen LogP contribution in [0, 0.1) is 0 Å². The van der Waals surface area contributed by atoms with Gasteiger partial charge in [0.15, 0.2) is 11.5 Å². The minimum absolute atomic E-state index is 0. The molecule has 1 aromatic heterocycles. The number of nitrogens with zero attached hydrogens (tertiary/aromatic N) is 2. The number of aromatic nitrogens is 1. The van der Waals surface area contributed by atoms with Gasteiger partial charge in [0, 0.05) is 18.0 Å². The molecule has 0 fully saturated rings. The van der Waals surface area contributed by atoms with E-state index in [1.807, 2.05) is 0 Å². The number of hydrogen-bond acceptors (Lipinski definition) is 5. The van der Waals surface area contributed by atoms with Crippen LogP contribution in [0.25, 0.3) is 0 Å². The van der Waals surface area contributed by atoms with Crippen molar-refractivity contribution in [1.82, 2.24) is 10.4 Å². The summed E-state index contributed by atoms with van der Waals surface area (Å²) in [6, 6.07) is 7.98. The number of carbonyl (C=O) groups excluding carboxylic acids is 1. The van der Waals surface area contributed by atoms with Crippen molar-refractivity contribution < 1.29 is 20.1 Å². The summed E-state index contributed by atoms with van der Waals surface area (Å²) >= 11 is 0. The number of rotatable bonds is 4. The minimum atomic E-state index is -0.332. The van der Waals surface area contributed by atoms with Crippen molar-refractivity contribution in [3.63, 3.8) is 0 Å². The lowest BCUT2D eigenvalue weighted by atomic mass is 10.2. The van der Waals surface area contributed by atoms with Crippen molar-refractivity contribution in [1.29, 1.82) is 0 Å². The van der Waals surface area contributed by atoms with E-state index in [9.17, 15) is 9.90 Å². The lowest BCUT2D eigenvalue weighted by Crippen LogP contribution is -2.17. The Balaban J connectivity index is 0.00000220. The number of ether oxygens (including phenoxy) is 1. The fraction of sp³-hybridized carbons (Fsp3) is 0.0714. The Labute approximate surface area is 121 Å². The van der Waals surface area contributed by atoms with E-state index in [0.717, 1.165) is 0 Å². The second kappa shape index (κ2) is 7.61. The lowest BCUT2D eigenvalue weighted by Gasteiger charge is -2.03. The third-order valence-corrected chi connectivity index (χ3v) is 2.53. The van der Waals surface area contributed by atoms with Crippen molar-refractivity contribution in [3.05, 3.63) is 53.9 Å². The Bertz CT molecular complexity index is 629. The molecule has 0 bridgehead atoms. The molecule has 7 nitrogen and oxygen atoms in total. The number of methoxy groups -OCH3 is 1. The molecule has 0 atom stereocenters. The van der Waals surface area contributed by atoms with Crippen molar-refractivity contribution in [2.45, 2.75) is 0 Å². The van der Waals surface area contributed by atoms with Gasteiger partial charge in [-0.3, -0.25) is 9.78 Å². The molecular weight excluding hydrogens is 274 g/mol. The number of phenols is 1. The molecule has 21 heavy (non-hydrogen) atoms. The zero-order chi connectivity index (χ0) is 14.4. The molecule has 2 aromatic rings. The first kappa shape index (κ1) is 16.1. The highest BCUT2D eigenvalue weighted by Crippen LogP contribution is 2.25. The summed E-state index contributed by atoms with van der Waals surface area (Å²) in [5, 5.41) is 13.4. The molecule has 0 radical (unpaired) electrons. The van der Waals surface area contributed by atoms with Crippen LogP contribution in [0.3, 0.4) is 0 Å². The highest BCUT2D eigenvalue weighted by molar-refractivity contribution is 5.94. The van der Waals surface area contributed by atoms with Crippen LogP contribution in [-0.4, -0.2) is 34.8 Å². The zero-order valence-electron chi connectivity index (χ0n) is 11.3. The van der Waals surface area contributed by atoms with Gasteiger partial charge in [-0.05, 0) is 35.9 Å². The Kier molecular flexibility index (Phi) is 5.84. The highest BCUT2D eigenvalue weighted by Gasteiger charge is 2.03. The Hall–Kier alpha value is -2.93. The molecule has 0 saturated carbocycles. The van der Waals surface area contributed by atoms with Crippen LogP contribution in [0.2, 0.25) is 0 Å². The van der Waals surface area contributed by atoms with Crippen LogP contribution >= 0.6 is 0 Å². The number of hydrazone groups is 1. The van der Waals surface area contributed by atoms with Gasteiger partial charge in [-0.15, -0.1) is 0 Å².